The first-order valence-electron chi connectivity index (χ1n) is 3.80. The summed E-state index contributed by atoms with van der Waals surface area (Å²) >= 11 is 0. The summed E-state index contributed by atoms with van der Waals surface area (Å²) in [6.45, 7) is 0. The molecule has 0 radical (unpaired) electrons. The quantitative estimate of drug-likeness (QED) is 0.357. The van der Waals surface area contributed by atoms with Crippen LogP contribution < -0.4 is 21.9 Å². The Hall–Kier alpha value is -0.720. The van der Waals surface area contributed by atoms with Crippen LogP contribution in [0.25, 0.3) is 0 Å². The van der Waals surface area contributed by atoms with Gasteiger partial charge in [-0.05, 0) is 6.07 Å². The van der Waals surface area contributed by atoms with Crippen molar-refractivity contribution in [3.05, 3.63) is 6.07 Å². The number of phenolic OH excluding ortho intramolecular Hbond substituents is 1. The maximum absolute atomic E-state index is 9.41. The van der Waals surface area contributed by atoms with Gasteiger partial charge in [-0.1, -0.05) is 16.4 Å². The van der Waals surface area contributed by atoms with Crippen LogP contribution in [0.1, 0.15) is 0 Å². The van der Waals surface area contributed by atoms with E-state index in [-0.39, 0.29) is 0 Å². The molecule has 0 atom stereocenters. The largest absolute Gasteiger partial charge is 0.509 e. The third kappa shape index (κ3) is 1.32. The maximum atomic E-state index is 9.41. The zero-order valence-electron chi connectivity index (χ0n) is 7.52. The van der Waals surface area contributed by atoms with Crippen LogP contribution in [-0.4, -0.2) is 36.5 Å². The Balaban J connectivity index is 3.46. The van der Waals surface area contributed by atoms with Crippen molar-refractivity contribution in [2.24, 2.45) is 0 Å². The van der Waals surface area contributed by atoms with Crippen LogP contribution in [0, 0.1) is 0 Å². The van der Waals surface area contributed by atoms with Gasteiger partial charge in [-0.25, -0.2) is 0 Å². The Morgan fingerprint density at radius 3 is 2.00 bits per heavy atom. The molecule has 5 heteroatoms. The summed E-state index contributed by atoms with van der Waals surface area (Å²) in [6.07, 6.45) is 0. The lowest BCUT2D eigenvalue weighted by Gasteiger charge is -2.10. The molecule has 0 saturated carbocycles. The molecular formula is C6H10B4O. The molecule has 0 aliphatic rings. The molecule has 1 aromatic rings. The zero-order valence-corrected chi connectivity index (χ0v) is 7.52. The van der Waals surface area contributed by atoms with Crippen molar-refractivity contribution in [1.82, 2.24) is 0 Å². The van der Waals surface area contributed by atoms with Gasteiger partial charge in [0.2, 0.25) is 0 Å². The molecule has 0 fully saturated rings. The van der Waals surface area contributed by atoms with Gasteiger partial charge in [0.25, 0.3) is 0 Å². The minimum absolute atomic E-state index is 0.408. The summed E-state index contributed by atoms with van der Waals surface area (Å²) in [5, 5.41) is 9.41. The SMILES string of the molecule is Bc1cc(O)c(B)c(B)c1B. The van der Waals surface area contributed by atoms with Crippen LogP contribution in [0.4, 0.5) is 0 Å². The Morgan fingerprint density at radius 2 is 1.45 bits per heavy atom. The normalized spacial score (nSPS) is 9.82. The standard InChI is InChI=1S/C6H10B4O/c7-2-1-3(11)5(9)6(10)4(2)8/h1,11H,7-10H2. The highest BCUT2D eigenvalue weighted by molar-refractivity contribution is 6.63. The van der Waals surface area contributed by atoms with Crippen molar-refractivity contribution in [3.63, 3.8) is 0 Å². The molecular weight excluding hydrogens is 131 g/mol. The number of aromatic hydroxyl groups is 1. The summed E-state index contributed by atoms with van der Waals surface area (Å²) in [5.74, 6) is 0.408. The molecule has 0 spiro atoms. The number of hydrogen-bond acceptors (Lipinski definition) is 1. The molecule has 1 nitrogen and oxygen atoms in total. The second kappa shape index (κ2) is 2.72. The van der Waals surface area contributed by atoms with E-state index >= 15 is 0 Å². The summed E-state index contributed by atoms with van der Waals surface area (Å²) in [7, 11) is 8.08. The van der Waals surface area contributed by atoms with E-state index < -0.39 is 0 Å². The average molecular weight is 141 g/mol. The molecule has 11 heavy (non-hydrogen) atoms. The molecule has 52 valence electrons. The topological polar surface area (TPSA) is 20.2 Å². The van der Waals surface area contributed by atoms with Crippen molar-refractivity contribution in [2.75, 3.05) is 0 Å². The molecule has 0 bridgehead atoms. The summed E-state index contributed by atoms with van der Waals surface area (Å²) in [4.78, 5) is 0. The summed E-state index contributed by atoms with van der Waals surface area (Å²) < 4.78 is 0. The van der Waals surface area contributed by atoms with E-state index in [2.05, 4.69) is 7.85 Å². The molecule has 0 unspecified atom stereocenters. The summed E-state index contributed by atoms with van der Waals surface area (Å²) in [6, 6.07) is 1.82. The van der Waals surface area contributed by atoms with Crippen LogP contribution >= 0.6 is 0 Å². The zero-order chi connectivity index (χ0) is 8.59. The fourth-order valence-electron chi connectivity index (χ4n) is 1.19. The molecule has 1 N–H and O–H groups in total. The van der Waals surface area contributed by atoms with E-state index in [1.807, 2.05) is 29.6 Å². The molecule has 0 aliphatic carbocycles. The van der Waals surface area contributed by atoms with Gasteiger partial charge in [0.15, 0.2) is 0 Å². The highest BCUT2D eigenvalue weighted by Gasteiger charge is 2.03. The minimum atomic E-state index is 0.408. The number of hydrogen-bond donors (Lipinski definition) is 1. The summed E-state index contributed by atoms with van der Waals surface area (Å²) in [5.41, 5.74) is 4.63. The Kier molecular flexibility index (Phi) is 2.08. The molecule has 0 aliphatic heterocycles. The first-order valence-corrected chi connectivity index (χ1v) is 3.80. The van der Waals surface area contributed by atoms with Crippen LogP contribution in [0.5, 0.6) is 5.75 Å². The van der Waals surface area contributed by atoms with Gasteiger partial charge < -0.3 is 5.11 Å². The monoisotopic (exact) mass is 142 g/mol. The van der Waals surface area contributed by atoms with Crippen molar-refractivity contribution in [3.8, 4) is 5.75 Å². The number of benzene rings is 1. The van der Waals surface area contributed by atoms with Gasteiger partial charge in [-0.2, -0.15) is 0 Å². The maximum Gasteiger partial charge on any atom is 0.143 e. The van der Waals surface area contributed by atoms with Crippen LogP contribution in [-0.2, 0) is 0 Å². The van der Waals surface area contributed by atoms with Crippen molar-refractivity contribution < 1.29 is 5.11 Å². The molecule has 0 aromatic heterocycles. The Bertz CT molecular complexity index is 271. The smallest absolute Gasteiger partial charge is 0.143 e. The van der Waals surface area contributed by atoms with Gasteiger partial charge in [0, 0.05) is 0 Å². The predicted octanol–water partition coefficient (Wildman–Crippen LogP) is -5.57. The Morgan fingerprint density at radius 1 is 0.909 bits per heavy atom. The second-order valence-corrected chi connectivity index (χ2v) is 3.09. The van der Waals surface area contributed by atoms with Gasteiger partial charge in [-0.3, -0.25) is 0 Å². The van der Waals surface area contributed by atoms with Gasteiger partial charge in [0.05, 0.1) is 0 Å². The molecule has 0 saturated heterocycles. The lowest BCUT2D eigenvalue weighted by atomic mass is 9.67. The van der Waals surface area contributed by atoms with Crippen molar-refractivity contribution >= 4 is 53.2 Å². The Labute approximate surface area is 70.8 Å². The van der Waals surface area contributed by atoms with Crippen LogP contribution in [0.15, 0.2) is 6.07 Å². The van der Waals surface area contributed by atoms with E-state index in [1.54, 1.807) is 0 Å². The molecule has 0 heterocycles. The van der Waals surface area contributed by atoms with Crippen molar-refractivity contribution in [2.45, 2.75) is 0 Å². The first-order chi connectivity index (χ1) is 5.04. The van der Waals surface area contributed by atoms with E-state index in [0.717, 1.165) is 10.9 Å². The average Bonchev–Trinajstić information content (AvgIpc) is 1.97. The molecule has 0 amide bonds. The predicted molar refractivity (Wildman–Crippen MR) is 60.8 cm³/mol. The third-order valence-corrected chi connectivity index (χ3v) is 2.45. The van der Waals surface area contributed by atoms with E-state index in [9.17, 15) is 5.11 Å². The van der Waals surface area contributed by atoms with Crippen LogP contribution in [0.3, 0.4) is 0 Å². The van der Waals surface area contributed by atoms with Crippen molar-refractivity contribution in [1.29, 1.82) is 0 Å². The second-order valence-electron chi connectivity index (χ2n) is 3.09. The van der Waals surface area contributed by atoms with Crippen LogP contribution in [0.2, 0.25) is 0 Å². The molecule has 1 rings (SSSR count). The number of phenols is 1. The number of rotatable bonds is 0. The minimum Gasteiger partial charge on any atom is -0.509 e. The third-order valence-electron chi connectivity index (χ3n) is 2.45. The van der Waals surface area contributed by atoms with E-state index in [1.165, 1.54) is 10.9 Å². The highest BCUT2D eigenvalue weighted by Crippen LogP contribution is 1.94. The highest BCUT2D eigenvalue weighted by atomic mass is 16.3. The fourth-order valence-corrected chi connectivity index (χ4v) is 1.19. The molecule has 1 aromatic carbocycles. The van der Waals surface area contributed by atoms with Gasteiger partial charge >= 0.3 is 0 Å². The van der Waals surface area contributed by atoms with Gasteiger partial charge in [0.1, 0.15) is 37.1 Å². The fraction of sp³-hybridized carbons (Fsp3) is 0. The lowest BCUT2D eigenvalue weighted by Crippen LogP contribution is -2.46. The van der Waals surface area contributed by atoms with E-state index in [0.29, 0.717) is 5.75 Å². The lowest BCUT2D eigenvalue weighted by molar-refractivity contribution is 0.480. The van der Waals surface area contributed by atoms with E-state index in [4.69, 9.17) is 0 Å². The van der Waals surface area contributed by atoms with Gasteiger partial charge in [-0.15, -0.1) is 5.46 Å². The first kappa shape index (κ1) is 8.38.